The summed E-state index contributed by atoms with van der Waals surface area (Å²) in [5, 5.41) is 9.73. The van der Waals surface area contributed by atoms with Gasteiger partial charge < -0.3 is 10.8 Å². The summed E-state index contributed by atoms with van der Waals surface area (Å²) in [7, 11) is 0. The van der Waals surface area contributed by atoms with Crippen LogP contribution < -0.4 is 5.73 Å². The second-order valence-corrected chi connectivity index (χ2v) is 4.43. The lowest BCUT2D eigenvalue weighted by atomic mass is 9.98. The number of hydrogen-bond acceptors (Lipinski definition) is 2. The molecule has 88 valence electrons. The van der Waals surface area contributed by atoms with Crippen molar-refractivity contribution in [1.29, 1.82) is 0 Å². The van der Waals surface area contributed by atoms with E-state index in [9.17, 15) is 5.11 Å². The van der Waals surface area contributed by atoms with Crippen LogP contribution in [-0.2, 0) is 0 Å². The van der Waals surface area contributed by atoms with E-state index in [-0.39, 0.29) is 11.8 Å². The normalized spacial score (nSPS) is 12.4. The summed E-state index contributed by atoms with van der Waals surface area (Å²) in [4.78, 5) is 0. The van der Waals surface area contributed by atoms with E-state index < -0.39 is 0 Å². The lowest BCUT2D eigenvalue weighted by Gasteiger charge is -2.11. The van der Waals surface area contributed by atoms with Crippen LogP contribution in [0.2, 0.25) is 0 Å². The third kappa shape index (κ3) is 2.48. The molecular weight excluding hydrogens is 210 g/mol. The first-order chi connectivity index (χ1) is 8.08. The highest BCUT2D eigenvalue weighted by Crippen LogP contribution is 2.29. The zero-order valence-electron chi connectivity index (χ0n) is 10.1. The van der Waals surface area contributed by atoms with Crippen molar-refractivity contribution in [2.45, 2.75) is 19.9 Å². The third-order valence-electron chi connectivity index (χ3n) is 2.87. The van der Waals surface area contributed by atoms with Gasteiger partial charge in [0.25, 0.3) is 0 Å². The van der Waals surface area contributed by atoms with Gasteiger partial charge in [-0.05, 0) is 37.1 Å². The number of aryl methyl sites for hydroxylation is 1. The van der Waals surface area contributed by atoms with E-state index >= 15 is 0 Å². The molecule has 0 radical (unpaired) electrons. The molecule has 0 aliphatic carbocycles. The van der Waals surface area contributed by atoms with Gasteiger partial charge in [0.2, 0.25) is 0 Å². The Kier molecular flexibility index (Phi) is 3.16. The molecule has 0 aliphatic heterocycles. The fourth-order valence-corrected chi connectivity index (χ4v) is 1.92. The zero-order valence-corrected chi connectivity index (χ0v) is 10.1. The zero-order chi connectivity index (χ0) is 12.4. The van der Waals surface area contributed by atoms with Crippen molar-refractivity contribution < 1.29 is 5.11 Å². The minimum atomic E-state index is -0.167. The number of phenols is 1. The average molecular weight is 227 g/mol. The fourth-order valence-electron chi connectivity index (χ4n) is 1.92. The number of hydrogen-bond donors (Lipinski definition) is 2. The number of aromatic hydroxyl groups is 1. The van der Waals surface area contributed by atoms with Crippen LogP contribution in [0, 0.1) is 6.92 Å². The van der Waals surface area contributed by atoms with Crippen molar-refractivity contribution in [2.24, 2.45) is 5.73 Å². The molecule has 1 atom stereocenters. The molecule has 2 aromatic carbocycles. The second-order valence-electron chi connectivity index (χ2n) is 4.43. The molecule has 2 nitrogen and oxygen atoms in total. The maximum Gasteiger partial charge on any atom is 0.120 e. The molecule has 1 unspecified atom stereocenters. The molecule has 0 bridgehead atoms. The molecule has 0 amide bonds. The molecule has 17 heavy (non-hydrogen) atoms. The lowest BCUT2D eigenvalue weighted by Crippen LogP contribution is -2.05. The fraction of sp³-hybridized carbons (Fsp3) is 0.200. The number of benzene rings is 2. The van der Waals surface area contributed by atoms with E-state index in [4.69, 9.17) is 5.73 Å². The first-order valence-electron chi connectivity index (χ1n) is 5.73. The summed E-state index contributed by atoms with van der Waals surface area (Å²) < 4.78 is 0. The maximum absolute atomic E-state index is 9.73. The quantitative estimate of drug-likeness (QED) is 0.826. The van der Waals surface area contributed by atoms with E-state index in [2.05, 4.69) is 25.1 Å². The van der Waals surface area contributed by atoms with Gasteiger partial charge >= 0.3 is 0 Å². The van der Waals surface area contributed by atoms with Gasteiger partial charge in [-0.15, -0.1) is 0 Å². The molecule has 0 spiro atoms. The molecular formula is C15H17NO. The molecule has 0 heterocycles. The van der Waals surface area contributed by atoms with E-state index in [0.29, 0.717) is 0 Å². The average Bonchev–Trinajstić information content (AvgIpc) is 2.29. The van der Waals surface area contributed by atoms with Crippen molar-refractivity contribution >= 4 is 0 Å². The van der Waals surface area contributed by atoms with Gasteiger partial charge in [-0.1, -0.05) is 35.9 Å². The predicted molar refractivity (Wildman–Crippen MR) is 70.9 cm³/mol. The Bertz CT molecular complexity index is 532. The Morgan fingerprint density at radius 2 is 1.76 bits per heavy atom. The molecule has 0 aromatic heterocycles. The summed E-state index contributed by atoms with van der Waals surface area (Å²) in [6.45, 7) is 3.94. The summed E-state index contributed by atoms with van der Waals surface area (Å²) in [5.41, 5.74) is 10.1. The van der Waals surface area contributed by atoms with Crippen LogP contribution in [-0.4, -0.2) is 5.11 Å². The molecule has 0 saturated carbocycles. The van der Waals surface area contributed by atoms with Crippen LogP contribution >= 0.6 is 0 Å². The van der Waals surface area contributed by atoms with Gasteiger partial charge in [-0.3, -0.25) is 0 Å². The van der Waals surface area contributed by atoms with Crippen LogP contribution in [0.5, 0.6) is 5.75 Å². The van der Waals surface area contributed by atoms with Gasteiger partial charge in [0.05, 0.1) is 0 Å². The van der Waals surface area contributed by atoms with Gasteiger partial charge in [0, 0.05) is 11.6 Å². The van der Waals surface area contributed by atoms with Crippen LogP contribution in [0.3, 0.4) is 0 Å². The van der Waals surface area contributed by atoms with Gasteiger partial charge in [0.1, 0.15) is 5.75 Å². The Morgan fingerprint density at radius 3 is 2.41 bits per heavy atom. The standard InChI is InChI=1S/C15H17NO/c1-10-4-3-5-12(8-10)13-6-7-15(17)14(9-13)11(2)16/h3-9,11,17H,16H2,1-2H3. The van der Waals surface area contributed by atoms with Crippen LogP contribution in [0.1, 0.15) is 24.1 Å². The maximum atomic E-state index is 9.73. The van der Waals surface area contributed by atoms with Crippen molar-refractivity contribution in [3.05, 3.63) is 53.6 Å². The summed E-state index contributed by atoms with van der Waals surface area (Å²) in [5.74, 6) is 0.261. The van der Waals surface area contributed by atoms with E-state index in [1.165, 1.54) is 5.56 Å². The van der Waals surface area contributed by atoms with E-state index in [1.807, 2.05) is 25.1 Å². The second kappa shape index (κ2) is 4.60. The SMILES string of the molecule is Cc1cccc(-c2ccc(O)c(C(C)N)c2)c1. The number of rotatable bonds is 2. The molecule has 0 saturated heterocycles. The summed E-state index contributed by atoms with van der Waals surface area (Å²) in [6, 6.07) is 13.7. The van der Waals surface area contributed by atoms with Crippen LogP contribution in [0.15, 0.2) is 42.5 Å². The monoisotopic (exact) mass is 227 g/mol. The number of nitrogens with two attached hydrogens (primary N) is 1. The predicted octanol–water partition coefficient (Wildman–Crippen LogP) is 3.39. The first-order valence-corrected chi connectivity index (χ1v) is 5.73. The highest BCUT2D eigenvalue weighted by atomic mass is 16.3. The Labute approximate surface area is 102 Å². The Balaban J connectivity index is 2.50. The highest BCUT2D eigenvalue weighted by molar-refractivity contribution is 5.66. The summed E-state index contributed by atoms with van der Waals surface area (Å²) >= 11 is 0. The molecule has 3 N–H and O–H groups in total. The smallest absolute Gasteiger partial charge is 0.120 e. The molecule has 2 heteroatoms. The molecule has 2 rings (SSSR count). The number of phenolic OH excluding ortho intramolecular Hbond substituents is 1. The highest BCUT2D eigenvalue weighted by Gasteiger charge is 2.08. The molecule has 0 aliphatic rings. The van der Waals surface area contributed by atoms with Crippen molar-refractivity contribution in [2.75, 3.05) is 0 Å². The van der Waals surface area contributed by atoms with Crippen molar-refractivity contribution in [3.8, 4) is 16.9 Å². The van der Waals surface area contributed by atoms with Crippen LogP contribution in [0.25, 0.3) is 11.1 Å². The van der Waals surface area contributed by atoms with Crippen molar-refractivity contribution in [3.63, 3.8) is 0 Å². The first kappa shape index (κ1) is 11.7. The van der Waals surface area contributed by atoms with Crippen LogP contribution in [0.4, 0.5) is 0 Å². The summed E-state index contributed by atoms with van der Waals surface area (Å²) in [6.07, 6.45) is 0. The minimum absolute atomic E-state index is 0.167. The van der Waals surface area contributed by atoms with Crippen molar-refractivity contribution in [1.82, 2.24) is 0 Å². The largest absolute Gasteiger partial charge is 0.508 e. The molecule has 2 aromatic rings. The van der Waals surface area contributed by atoms with Gasteiger partial charge in [0.15, 0.2) is 0 Å². The van der Waals surface area contributed by atoms with Gasteiger partial charge in [-0.2, -0.15) is 0 Å². The molecule has 0 fully saturated rings. The lowest BCUT2D eigenvalue weighted by molar-refractivity contribution is 0.464. The minimum Gasteiger partial charge on any atom is -0.508 e. The third-order valence-corrected chi connectivity index (χ3v) is 2.87. The van der Waals surface area contributed by atoms with E-state index in [0.717, 1.165) is 16.7 Å². The Morgan fingerprint density at radius 1 is 1.06 bits per heavy atom. The van der Waals surface area contributed by atoms with E-state index in [1.54, 1.807) is 6.07 Å². The van der Waals surface area contributed by atoms with Gasteiger partial charge in [-0.25, -0.2) is 0 Å². The topological polar surface area (TPSA) is 46.2 Å². The Hall–Kier alpha value is -1.80.